The van der Waals surface area contributed by atoms with E-state index in [2.05, 4.69) is 4.74 Å². The van der Waals surface area contributed by atoms with Crippen LogP contribution in [0.15, 0.2) is 12.1 Å². The lowest BCUT2D eigenvalue weighted by atomic mass is 10.1. The SMILES string of the molecule is CC(=O)c1cc(I)cc(OC(F)F)c1Cl. The van der Waals surface area contributed by atoms with Gasteiger partial charge in [0.25, 0.3) is 0 Å². The van der Waals surface area contributed by atoms with Gasteiger partial charge in [-0.1, -0.05) is 11.6 Å². The van der Waals surface area contributed by atoms with Crippen LogP contribution in [-0.4, -0.2) is 12.4 Å². The Morgan fingerprint density at radius 2 is 2.13 bits per heavy atom. The fourth-order valence-corrected chi connectivity index (χ4v) is 1.88. The fourth-order valence-electron chi connectivity index (χ4n) is 1.00. The molecule has 0 atom stereocenters. The van der Waals surface area contributed by atoms with Gasteiger partial charge in [0.15, 0.2) is 5.78 Å². The second kappa shape index (κ2) is 5.07. The Morgan fingerprint density at radius 3 is 2.60 bits per heavy atom. The molecule has 0 N–H and O–H groups in total. The van der Waals surface area contributed by atoms with E-state index in [1.165, 1.54) is 19.1 Å². The zero-order valence-corrected chi connectivity index (χ0v) is 10.5. The van der Waals surface area contributed by atoms with Crippen molar-refractivity contribution in [2.45, 2.75) is 13.5 Å². The Labute approximate surface area is 104 Å². The number of hydrogen-bond acceptors (Lipinski definition) is 2. The van der Waals surface area contributed by atoms with Crippen LogP contribution in [0.1, 0.15) is 17.3 Å². The molecular formula is C9H6ClF2IO2. The molecular weight excluding hydrogens is 340 g/mol. The summed E-state index contributed by atoms with van der Waals surface area (Å²) in [7, 11) is 0. The topological polar surface area (TPSA) is 26.3 Å². The third-order valence-corrected chi connectivity index (χ3v) is 2.61. The molecule has 0 aliphatic carbocycles. The average molecular weight is 346 g/mol. The molecule has 0 radical (unpaired) electrons. The highest BCUT2D eigenvalue weighted by Crippen LogP contribution is 2.32. The monoisotopic (exact) mass is 346 g/mol. The number of halogens is 4. The van der Waals surface area contributed by atoms with Crippen LogP contribution < -0.4 is 4.74 Å². The van der Waals surface area contributed by atoms with Gasteiger partial charge in [-0.25, -0.2) is 0 Å². The lowest BCUT2D eigenvalue weighted by Crippen LogP contribution is -2.05. The summed E-state index contributed by atoms with van der Waals surface area (Å²) in [6, 6.07) is 2.87. The van der Waals surface area contributed by atoms with Gasteiger partial charge in [-0.2, -0.15) is 8.78 Å². The average Bonchev–Trinajstić information content (AvgIpc) is 2.09. The van der Waals surface area contributed by atoms with E-state index in [4.69, 9.17) is 11.6 Å². The number of carbonyl (C=O) groups excluding carboxylic acids is 1. The molecule has 0 saturated heterocycles. The minimum absolute atomic E-state index is 0.0804. The number of Topliss-reactive ketones (excluding diaryl/α,β-unsaturated/α-hetero) is 1. The van der Waals surface area contributed by atoms with E-state index in [0.29, 0.717) is 3.57 Å². The molecule has 0 fully saturated rings. The van der Waals surface area contributed by atoms with Gasteiger partial charge in [0.05, 0.1) is 5.02 Å². The fraction of sp³-hybridized carbons (Fsp3) is 0.222. The summed E-state index contributed by atoms with van der Waals surface area (Å²) in [6.45, 7) is -1.65. The smallest absolute Gasteiger partial charge is 0.387 e. The molecule has 6 heteroatoms. The summed E-state index contributed by atoms with van der Waals surface area (Å²) in [5.74, 6) is -0.471. The number of hydrogen-bond donors (Lipinski definition) is 0. The van der Waals surface area contributed by atoms with Crippen molar-refractivity contribution in [2.75, 3.05) is 0 Å². The van der Waals surface area contributed by atoms with Crippen LogP contribution in [0.25, 0.3) is 0 Å². The molecule has 82 valence electrons. The molecule has 0 spiro atoms. The van der Waals surface area contributed by atoms with Crippen molar-refractivity contribution in [2.24, 2.45) is 0 Å². The number of benzene rings is 1. The number of ketones is 1. The lowest BCUT2D eigenvalue weighted by Gasteiger charge is -2.09. The first-order valence-electron chi connectivity index (χ1n) is 3.86. The van der Waals surface area contributed by atoms with Crippen molar-refractivity contribution in [3.63, 3.8) is 0 Å². The highest BCUT2D eigenvalue weighted by Gasteiger charge is 2.15. The van der Waals surface area contributed by atoms with Crippen LogP contribution in [-0.2, 0) is 0 Å². The second-order valence-electron chi connectivity index (χ2n) is 2.70. The molecule has 2 nitrogen and oxygen atoms in total. The highest BCUT2D eigenvalue weighted by molar-refractivity contribution is 14.1. The Bertz CT molecular complexity index is 396. The summed E-state index contributed by atoms with van der Waals surface area (Å²) in [6.07, 6.45) is 0. The molecule has 15 heavy (non-hydrogen) atoms. The Hall–Kier alpha value is -0.430. The van der Waals surface area contributed by atoms with Crippen molar-refractivity contribution < 1.29 is 18.3 Å². The summed E-state index contributed by atoms with van der Waals surface area (Å²) >= 11 is 7.63. The van der Waals surface area contributed by atoms with Gasteiger partial charge in [0.2, 0.25) is 0 Å². The van der Waals surface area contributed by atoms with E-state index in [1.807, 2.05) is 22.6 Å². The largest absolute Gasteiger partial charge is 0.433 e. The Morgan fingerprint density at radius 1 is 1.53 bits per heavy atom. The number of ether oxygens (including phenoxy) is 1. The third-order valence-electron chi connectivity index (χ3n) is 1.60. The Balaban J connectivity index is 3.22. The van der Waals surface area contributed by atoms with Crippen LogP contribution >= 0.6 is 34.2 Å². The first-order chi connectivity index (χ1) is 6.91. The van der Waals surface area contributed by atoms with Gasteiger partial charge in [-0.05, 0) is 41.6 Å². The first-order valence-corrected chi connectivity index (χ1v) is 5.32. The quantitative estimate of drug-likeness (QED) is 0.615. The van der Waals surface area contributed by atoms with Crippen molar-refractivity contribution in [1.82, 2.24) is 0 Å². The predicted octanol–water partition coefficient (Wildman–Crippen LogP) is 3.75. The van der Waals surface area contributed by atoms with Gasteiger partial charge >= 0.3 is 6.61 Å². The first kappa shape index (κ1) is 12.6. The summed E-state index contributed by atoms with van der Waals surface area (Å²) in [5, 5.41) is -0.0804. The van der Waals surface area contributed by atoms with E-state index in [1.54, 1.807) is 0 Å². The van der Waals surface area contributed by atoms with Crippen molar-refractivity contribution in [3.05, 3.63) is 26.3 Å². The number of carbonyl (C=O) groups is 1. The maximum atomic E-state index is 12.0. The molecule has 1 aromatic carbocycles. The van der Waals surface area contributed by atoms with Gasteiger partial charge in [-0.3, -0.25) is 4.79 Å². The molecule has 0 saturated carbocycles. The van der Waals surface area contributed by atoms with E-state index >= 15 is 0 Å². The minimum atomic E-state index is -2.96. The van der Waals surface area contributed by atoms with Gasteiger partial charge in [0.1, 0.15) is 5.75 Å². The van der Waals surface area contributed by atoms with Gasteiger partial charge in [0, 0.05) is 9.13 Å². The highest BCUT2D eigenvalue weighted by atomic mass is 127. The molecule has 0 aromatic heterocycles. The standard InChI is InChI=1S/C9H6ClF2IO2/c1-4(14)6-2-5(13)3-7(8(6)10)15-9(11)12/h2-3,9H,1H3. The van der Waals surface area contributed by atoms with Crippen LogP contribution in [0.5, 0.6) is 5.75 Å². The Kier molecular flexibility index (Phi) is 4.27. The van der Waals surface area contributed by atoms with Crippen LogP contribution in [0, 0.1) is 3.57 Å². The molecule has 1 aromatic rings. The molecule has 0 unspecified atom stereocenters. The van der Waals surface area contributed by atoms with Crippen LogP contribution in [0.2, 0.25) is 5.02 Å². The maximum absolute atomic E-state index is 12.0. The summed E-state index contributed by atoms with van der Waals surface area (Å²) < 4.78 is 28.8. The van der Waals surface area contributed by atoms with E-state index in [0.717, 1.165) is 0 Å². The maximum Gasteiger partial charge on any atom is 0.387 e. The molecule has 0 aliphatic heterocycles. The number of rotatable bonds is 3. The molecule has 0 aliphatic rings. The van der Waals surface area contributed by atoms with Crippen LogP contribution in [0.3, 0.4) is 0 Å². The van der Waals surface area contributed by atoms with Gasteiger partial charge in [-0.15, -0.1) is 0 Å². The molecule has 1 rings (SSSR count). The van der Waals surface area contributed by atoms with E-state index < -0.39 is 6.61 Å². The molecule has 0 bridgehead atoms. The predicted molar refractivity (Wildman–Crippen MR) is 60.8 cm³/mol. The number of alkyl halides is 2. The van der Waals surface area contributed by atoms with E-state index in [9.17, 15) is 13.6 Å². The summed E-state index contributed by atoms with van der Waals surface area (Å²) in [5.41, 5.74) is 0.180. The normalized spacial score (nSPS) is 10.5. The second-order valence-corrected chi connectivity index (χ2v) is 4.32. The van der Waals surface area contributed by atoms with Gasteiger partial charge < -0.3 is 4.74 Å². The summed E-state index contributed by atoms with van der Waals surface area (Å²) in [4.78, 5) is 11.1. The van der Waals surface area contributed by atoms with Crippen LogP contribution in [0.4, 0.5) is 8.78 Å². The molecule has 0 heterocycles. The van der Waals surface area contributed by atoms with E-state index in [-0.39, 0.29) is 22.1 Å². The zero-order valence-electron chi connectivity index (χ0n) is 7.56. The van der Waals surface area contributed by atoms with Crippen molar-refractivity contribution >= 4 is 40.0 Å². The molecule has 0 amide bonds. The minimum Gasteiger partial charge on any atom is -0.433 e. The van der Waals surface area contributed by atoms with Crippen molar-refractivity contribution in [3.8, 4) is 5.75 Å². The zero-order chi connectivity index (χ0) is 11.6. The van der Waals surface area contributed by atoms with Crippen molar-refractivity contribution in [1.29, 1.82) is 0 Å². The lowest BCUT2D eigenvalue weighted by molar-refractivity contribution is -0.0498. The third kappa shape index (κ3) is 3.27.